The fraction of sp³-hybridized carbons (Fsp3) is 0. The van der Waals surface area contributed by atoms with Gasteiger partial charge in [-0.25, -0.2) is 0 Å². The highest BCUT2D eigenvalue weighted by Gasteiger charge is 2.20. The number of benzene rings is 9. The molecule has 0 saturated carbocycles. The van der Waals surface area contributed by atoms with Crippen molar-refractivity contribution >= 4 is 92.2 Å². The van der Waals surface area contributed by atoms with E-state index in [2.05, 4.69) is 226 Å². The number of thiophene rings is 1. The van der Waals surface area contributed by atoms with E-state index in [-0.39, 0.29) is 0 Å². The monoisotopic (exact) mass is 757 g/mol. The van der Waals surface area contributed by atoms with Gasteiger partial charge >= 0.3 is 0 Å². The number of fused-ring (bicyclic) bond motifs is 9. The fourth-order valence-corrected chi connectivity index (χ4v) is 10.2. The molecule has 0 amide bonds. The van der Waals surface area contributed by atoms with Gasteiger partial charge in [0.15, 0.2) is 0 Å². The molecule has 58 heavy (non-hydrogen) atoms. The molecule has 0 aliphatic rings. The predicted octanol–water partition coefficient (Wildman–Crippen LogP) is 15.4. The van der Waals surface area contributed by atoms with Crippen molar-refractivity contribution in [3.63, 3.8) is 0 Å². The summed E-state index contributed by atoms with van der Waals surface area (Å²) in [5.41, 5.74) is 12.7. The molecule has 9 aromatic carbocycles. The highest BCUT2D eigenvalue weighted by Crippen LogP contribution is 2.44. The van der Waals surface area contributed by atoms with E-state index in [9.17, 15) is 0 Å². The predicted molar refractivity (Wildman–Crippen MR) is 248 cm³/mol. The normalized spacial score (nSPS) is 11.8. The summed E-state index contributed by atoms with van der Waals surface area (Å²) in [6.45, 7) is 0. The lowest BCUT2D eigenvalue weighted by Gasteiger charge is -2.28. The average molecular weight is 758 g/mol. The molecule has 0 N–H and O–H groups in total. The maximum absolute atomic E-state index is 2.41. The molecule has 3 heterocycles. The SMILES string of the molecule is c1ccc(N(c2ccc(-n3c4ccccc4c4ccccc43)cc2)c2ccc(-n3c4ccccc4c4ccccc43)cc2)c(-c2ccc3sc4ccccc4c3c2)c1. The van der Waals surface area contributed by atoms with Crippen LogP contribution in [0.1, 0.15) is 0 Å². The summed E-state index contributed by atoms with van der Waals surface area (Å²) < 4.78 is 7.39. The molecule has 4 heteroatoms. The Morgan fingerprint density at radius 1 is 0.328 bits per heavy atom. The molecule has 0 saturated heterocycles. The molecule has 0 aliphatic heterocycles. The molecule has 12 aromatic rings. The Bertz CT molecular complexity index is 3250. The molecule has 3 aromatic heterocycles. The number of para-hydroxylation sites is 5. The molecular formula is C54H35N3S. The second kappa shape index (κ2) is 13.1. The number of aromatic nitrogens is 2. The summed E-state index contributed by atoms with van der Waals surface area (Å²) in [7, 11) is 0. The fourth-order valence-electron chi connectivity index (χ4n) is 9.14. The van der Waals surface area contributed by atoms with Crippen LogP contribution in [0.2, 0.25) is 0 Å². The molecule has 0 spiro atoms. The van der Waals surface area contributed by atoms with Gasteiger partial charge in [-0.2, -0.15) is 0 Å². The van der Waals surface area contributed by atoms with Crippen molar-refractivity contribution in [2.45, 2.75) is 0 Å². The van der Waals surface area contributed by atoms with Crippen LogP contribution < -0.4 is 4.90 Å². The number of nitrogens with zero attached hydrogens (tertiary/aromatic N) is 3. The zero-order valence-corrected chi connectivity index (χ0v) is 32.3. The summed E-state index contributed by atoms with van der Waals surface area (Å²) in [6.07, 6.45) is 0. The number of hydrogen-bond donors (Lipinski definition) is 0. The van der Waals surface area contributed by atoms with Crippen molar-refractivity contribution in [3.05, 3.63) is 212 Å². The third kappa shape index (κ3) is 5.05. The minimum Gasteiger partial charge on any atom is -0.310 e. The van der Waals surface area contributed by atoms with Crippen LogP contribution >= 0.6 is 11.3 Å². The topological polar surface area (TPSA) is 13.1 Å². The van der Waals surface area contributed by atoms with E-state index in [4.69, 9.17) is 0 Å². The summed E-state index contributed by atoms with van der Waals surface area (Å²) >= 11 is 1.86. The number of anilines is 3. The molecular weight excluding hydrogens is 723 g/mol. The third-order valence-corrected chi connectivity index (χ3v) is 12.9. The number of hydrogen-bond acceptors (Lipinski definition) is 2. The lowest BCUT2D eigenvalue weighted by atomic mass is 9.99. The smallest absolute Gasteiger partial charge is 0.0541 e. The zero-order valence-electron chi connectivity index (χ0n) is 31.5. The Hall–Kier alpha value is -7.40. The second-order valence-electron chi connectivity index (χ2n) is 14.9. The van der Waals surface area contributed by atoms with Crippen LogP contribution in [0.15, 0.2) is 212 Å². The van der Waals surface area contributed by atoms with E-state index >= 15 is 0 Å². The quantitative estimate of drug-likeness (QED) is 0.165. The average Bonchev–Trinajstić information content (AvgIpc) is 3.95. The Balaban J connectivity index is 1.03. The van der Waals surface area contributed by atoms with Gasteiger partial charge in [-0.15, -0.1) is 11.3 Å². The minimum absolute atomic E-state index is 1.09. The van der Waals surface area contributed by atoms with Gasteiger partial charge in [0.05, 0.1) is 27.8 Å². The van der Waals surface area contributed by atoms with Crippen LogP contribution in [0.5, 0.6) is 0 Å². The first-order valence-corrected chi connectivity index (χ1v) is 20.6. The van der Waals surface area contributed by atoms with Gasteiger partial charge in [0.2, 0.25) is 0 Å². The van der Waals surface area contributed by atoms with E-state index in [0.29, 0.717) is 0 Å². The van der Waals surface area contributed by atoms with Crippen LogP contribution in [0.4, 0.5) is 17.1 Å². The van der Waals surface area contributed by atoms with Gasteiger partial charge in [-0.05, 0) is 103 Å². The summed E-state index contributed by atoms with van der Waals surface area (Å²) in [5, 5.41) is 7.64. The molecule has 0 radical (unpaired) electrons. The van der Waals surface area contributed by atoms with Crippen molar-refractivity contribution in [2.24, 2.45) is 0 Å². The van der Waals surface area contributed by atoms with E-state index < -0.39 is 0 Å². The lowest BCUT2D eigenvalue weighted by molar-refractivity contribution is 1.17. The van der Waals surface area contributed by atoms with Crippen molar-refractivity contribution in [1.82, 2.24) is 9.13 Å². The van der Waals surface area contributed by atoms with Crippen LogP contribution in [0, 0.1) is 0 Å². The lowest BCUT2D eigenvalue weighted by Crippen LogP contribution is -2.11. The minimum atomic E-state index is 1.09. The Morgan fingerprint density at radius 2 is 0.741 bits per heavy atom. The Kier molecular flexibility index (Phi) is 7.40. The molecule has 12 rings (SSSR count). The Morgan fingerprint density at radius 3 is 1.26 bits per heavy atom. The first-order chi connectivity index (χ1) is 28.8. The Labute approximate surface area is 339 Å². The number of rotatable bonds is 6. The zero-order chi connectivity index (χ0) is 38.2. The van der Waals surface area contributed by atoms with Crippen molar-refractivity contribution in [3.8, 4) is 22.5 Å². The van der Waals surface area contributed by atoms with Gasteiger partial charge in [0.25, 0.3) is 0 Å². The van der Waals surface area contributed by atoms with Gasteiger partial charge in [-0.3, -0.25) is 0 Å². The van der Waals surface area contributed by atoms with Crippen LogP contribution in [0.25, 0.3) is 86.3 Å². The van der Waals surface area contributed by atoms with Gasteiger partial charge < -0.3 is 14.0 Å². The molecule has 3 nitrogen and oxygen atoms in total. The van der Waals surface area contributed by atoms with Crippen LogP contribution in [0.3, 0.4) is 0 Å². The molecule has 0 unspecified atom stereocenters. The van der Waals surface area contributed by atoms with Crippen LogP contribution in [-0.2, 0) is 0 Å². The molecule has 0 fully saturated rings. The largest absolute Gasteiger partial charge is 0.310 e. The van der Waals surface area contributed by atoms with Gasteiger partial charge in [0.1, 0.15) is 0 Å². The third-order valence-electron chi connectivity index (χ3n) is 11.7. The van der Waals surface area contributed by atoms with Gasteiger partial charge in [0, 0.05) is 70.0 Å². The van der Waals surface area contributed by atoms with Gasteiger partial charge in [-0.1, -0.05) is 115 Å². The maximum atomic E-state index is 2.41. The van der Waals surface area contributed by atoms with Crippen molar-refractivity contribution < 1.29 is 0 Å². The highest BCUT2D eigenvalue weighted by atomic mass is 32.1. The first kappa shape index (κ1) is 32.8. The summed E-state index contributed by atoms with van der Waals surface area (Å²) in [5.74, 6) is 0. The maximum Gasteiger partial charge on any atom is 0.0541 e. The standard InChI is InChI=1S/C54H35N3S/c1-7-19-48(41(13-1)36-25-34-54-47(35-36)46-18-6-12-24-53(46)58-54)55(37-26-30-39(31-27-37)56-49-20-8-2-14-42(49)43-15-3-9-21-50(43)56)38-28-32-40(33-29-38)57-51-22-10-4-16-44(51)45-17-5-11-23-52(45)57/h1-35H. The summed E-state index contributed by atoms with van der Waals surface area (Å²) in [6, 6.07) is 77.5. The van der Waals surface area contributed by atoms with E-state index in [1.807, 2.05) is 11.3 Å². The molecule has 0 aliphatic carbocycles. The van der Waals surface area contributed by atoms with E-state index in [1.165, 1.54) is 74.9 Å². The molecule has 0 atom stereocenters. The second-order valence-corrected chi connectivity index (χ2v) is 16.0. The first-order valence-electron chi connectivity index (χ1n) is 19.8. The molecule has 272 valence electrons. The van der Waals surface area contributed by atoms with Crippen molar-refractivity contribution in [2.75, 3.05) is 4.90 Å². The van der Waals surface area contributed by atoms with E-state index in [0.717, 1.165) is 28.4 Å². The van der Waals surface area contributed by atoms with Crippen LogP contribution in [-0.4, -0.2) is 9.13 Å². The molecule has 0 bridgehead atoms. The highest BCUT2D eigenvalue weighted by molar-refractivity contribution is 7.25. The van der Waals surface area contributed by atoms with E-state index in [1.54, 1.807) is 0 Å². The summed E-state index contributed by atoms with van der Waals surface area (Å²) in [4.78, 5) is 2.41. The van der Waals surface area contributed by atoms with Crippen molar-refractivity contribution in [1.29, 1.82) is 0 Å².